The summed E-state index contributed by atoms with van der Waals surface area (Å²) >= 11 is 0. The predicted octanol–water partition coefficient (Wildman–Crippen LogP) is 0.194. The Balaban J connectivity index is 1.60. The van der Waals surface area contributed by atoms with Crippen molar-refractivity contribution in [3.8, 4) is 22.6 Å². The van der Waals surface area contributed by atoms with Crippen molar-refractivity contribution in [1.82, 2.24) is 10.2 Å². The smallest absolute Gasteiger partial charge is 0.322 e. The molecular weight excluding hydrogens is 598 g/mol. The number of aromatic hydroxyl groups is 1. The van der Waals surface area contributed by atoms with Gasteiger partial charge in [-0.15, -0.1) is 0 Å². The van der Waals surface area contributed by atoms with Gasteiger partial charge in [-0.05, 0) is 74.7 Å². The van der Waals surface area contributed by atoms with Crippen LogP contribution in [0.5, 0.6) is 11.5 Å². The van der Waals surface area contributed by atoms with E-state index in [1.165, 1.54) is 39.3 Å². The number of methoxy groups -OCH3 is 2. The van der Waals surface area contributed by atoms with Crippen molar-refractivity contribution in [2.45, 2.75) is 44.0 Å². The molecule has 0 saturated heterocycles. The lowest BCUT2D eigenvalue weighted by Gasteiger charge is -2.52. The minimum absolute atomic E-state index is 0.0640. The maximum atomic E-state index is 14.1. The number of benzene rings is 2. The van der Waals surface area contributed by atoms with Crippen LogP contribution in [0.3, 0.4) is 0 Å². The Morgan fingerprint density at radius 3 is 2.39 bits per heavy atom. The fourth-order valence-electron chi connectivity index (χ4n) is 7.46. The van der Waals surface area contributed by atoms with Crippen LogP contribution < -0.4 is 15.8 Å². The summed E-state index contributed by atoms with van der Waals surface area (Å²) in [5, 5.41) is 25.8. The second-order valence-electron chi connectivity index (χ2n) is 12.4. The number of likely N-dealkylation sites (N-methyl/N-ethyl adjacent to an activating group) is 1. The lowest BCUT2D eigenvalue weighted by atomic mass is 9.52. The number of Topliss-reactive ketones (excluding diaryl/α,β-unsaturated/α-hetero) is 4. The molecule has 1 amide bonds. The third-order valence-electron chi connectivity index (χ3n) is 9.67. The average molecular weight is 636 g/mol. The molecule has 0 spiro atoms. The number of phenols is 1. The van der Waals surface area contributed by atoms with Crippen LogP contribution in [0.25, 0.3) is 11.1 Å². The van der Waals surface area contributed by atoms with Crippen molar-refractivity contribution >= 4 is 35.0 Å². The fraction of sp³-hybridized carbons (Fsp3) is 0.455. The number of carbonyl (C=O) groups excluding carboxylic acids is 6. The Bertz CT molecular complexity index is 1670. The molecule has 4 unspecified atom stereocenters. The van der Waals surface area contributed by atoms with E-state index in [0.717, 1.165) is 5.56 Å². The van der Waals surface area contributed by atoms with Gasteiger partial charge in [0.05, 0.1) is 31.7 Å². The number of nitrogens with one attached hydrogen (secondary N) is 1. The van der Waals surface area contributed by atoms with E-state index in [9.17, 15) is 39.0 Å². The number of rotatable bonds is 8. The third-order valence-corrected chi connectivity index (χ3v) is 9.67. The van der Waals surface area contributed by atoms with Crippen LogP contribution in [0.2, 0.25) is 0 Å². The molecule has 7 atom stereocenters. The van der Waals surface area contributed by atoms with Gasteiger partial charge in [-0.3, -0.25) is 33.7 Å². The molecule has 0 aliphatic heterocycles. The summed E-state index contributed by atoms with van der Waals surface area (Å²) < 4.78 is 10.4. The summed E-state index contributed by atoms with van der Waals surface area (Å²) in [6.45, 7) is 1.97. The van der Waals surface area contributed by atoms with Gasteiger partial charge >= 0.3 is 5.97 Å². The molecule has 2 saturated carbocycles. The lowest BCUT2D eigenvalue weighted by molar-refractivity contribution is -0.181. The summed E-state index contributed by atoms with van der Waals surface area (Å²) in [4.78, 5) is 80.5. The molecule has 2 fully saturated rings. The number of ketones is 4. The summed E-state index contributed by atoms with van der Waals surface area (Å²) in [6, 6.07) is 6.58. The summed E-state index contributed by atoms with van der Waals surface area (Å²) in [7, 11) is 5.85. The molecule has 0 bridgehead atoms. The maximum Gasteiger partial charge on any atom is 0.322 e. The largest absolute Gasteiger partial charge is 0.507 e. The monoisotopic (exact) mass is 635 g/mol. The minimum Gasteiger partial charge on any atom is -0.507 e. The van der Waals surface area contributed by atoms with Crippen molar-refractivity contribution in [3.63, 3.8) is 0 Å². The zero-order chi connectivity index (χ0) is 33.8. The van der Waals surface area contributed by atoms with Crippen molar-refractivity contribution < 1.29 is 48.5 Å². The minimum atomic E-state index is -2.80. The zero-order valence-electron chi connectivity index (χ0n) is 26.2. The molecule has 13 nitrogen and oxygen atoms in total. The van der Waals surface area contributed by atoms with E-state index < -0.39 is 76.4 Å². The van der Waals surface area contributed by atoms with E-state index >= 15 is 0 Å². The third kappa shape index (κ3) is 4.99. The number of ether oxygens (including phenoxy) is 2. The number of carbonyl (C=O) groups is 6. The Kier molecular flexibility index (Phi) is 8.62. The molecule has 0 radical (unpaired) electrons. The van der Waals surface area contributed by atoms with Crippen molar-refractivity contribution in [1.29, 1.82) is 0 Å². The highest BCUT2D eigenvalue weighted by molar-refractivity contribution is 6.32. The van der Waals surface area contributed by atoms with Crippen LogP contribution in [0, 0.1) is 23.7 Å². The van der Waals surface area contributed by atoms with Gasteiger partial charge in [-0.1, -0.05) is 12.1 Å². The molecule has 3 aliphatic rings. The van der Waals surface area contributed by atoms with Crippen LogP contribution >= 0.6 is 0 Å². The van der Waals surface area contributed by atoms with Crippen LogP contribution in [-0.4, -0.2) is 96.1 Å². The molecule has 244 valence electrons. The number of phenolic OH excluding ortho intramolecular Hbond substituents is 1. The van der Waals surface area contributed by atoms with E-state index in [1.807, 2.05) is 12.1 Å². The first-order chi connectivity index (χ1) is 21.7. The number of nitrogens with two attached hydrogens (primary N) is 1. The van der Waals surface area contributed by atoms with Gasteiger partial charge in [-0.2, -0.15) is 0 Å². The maximum absolute atomic E-state index is 14.1. The zero-order valence-corrected chi connectivity index (χ0v) is 26.2. The second-order valence-corrected chi connectivity index (χ2v) is 12.4. The Morgan fingerprint density at radius 2 is 1.78 bits per heavy atom. The van der Waals surface area contributed by atoms with E-state index in [2.05, 4.69) is 5.32 Å². The number of amides is 1. The first-order valence-corrected chi connectivity index (χ1v) is 14.9. The van der Waals surface area contributed by atoms with Gasteiger partial charge in [-0.25, -0.2) is 0 Å². The number of fused-ring (bicyclic) bond motifs is 3. The molecular formula is C33H37N3O10. The van der Waals surface area contributed by atoms with Crippen molar-refractivity contribution in [2.24, 2.45) is 29.4 Å². The molecule has 5 N–H and O–H groups in total. The average Bonchev–Trinajstić information content (AvgIpc) is 3.00. The SMILES string of the molecule is COC(=O)C(C)NCc1ccc(OC)c(-c2ccc(O)c3c2C[C@H]2C[C@H]4C(N(C)C)C(=O)C(C(N)=O)C(=O)[C@@]4(O)C(=O)C2C3=O)c1. The molecule has 13 heteroatoms. The highest BCUT2D eigenvalue weighted by Crippen LogP contribution is 2.52. The van der Waals surface area contributed by atoms with Crippen molar-refractivity contribution in [2.75, 3.05) is 28.3 Å². The van der Waals surface area contributed by atoms with E-state index in [4.69, 9.17) is 15.2 Å². The summed E-state index contributed by atoms with van der Waals surface area (Å²) in [5.41, 5.74) is 4.84. The highest BCUT2D eigenvalue weighted by Gasteiger charge is 2.69. The molecule has 2 aromatic carbocycles. The van der Waals surface area contributed by atoms with Crippen molar-refractivity contribution in [3.05, 3.63) is 47.0 Å². The van der Waals surface area contributed by atoms with Crippen LogP contribution in [0.4, 0.5) is 0 Å². The van der Waals surface area contributed by atoms with Crippen LogP contribution in [0.15, 0.2) is 30.3 Å². The first kappa shape index (κ1) is 32.9. The summed E-state index contributed by atoms with van der Waals surface area (Å²) in [6.07, 6.45) is 0.0338. The van der Waals surface area contributed by atoms with Crippen LogP contribution in [-0.2, 0) is 41.7 Å². The number of aliphatic hydroxyl groups is 1. The van der Waals surface area contributed by atoms with Gasteiger partial charge in [0.2, 0.25) is 5.91 Å². The van der Waals surface area contributed by atoms with Gasteiger partial charge in [0.25, 0.3) is 0 Å². The Hall–Kier alpha value is -4.46. The van der Waals surface area contributed by atoms with Gasteiger partial charge in [0.15, 0.2) is 34.7 Å². The number of primary amides is 1. The normalized spacial score (nSPS) is 27.8. The number of hydrogen-bond donors (Lipinski definition) is 4. The quantitative estimate of drug-likeness (QED) is 0.227. The standard InChI is InChI=1S/C33H37N3O10/c1-14(32(43)46-5)35-13-15-6-9-22(45-4)18(10-15)17-7-8-21(37)24-19(17)11-16-12-20-26(36(2)3)28(39)25(31(34)42)30(41)33(20,44)29(40)23(16)27(24)38/h6-10,14,16,20,23,25-26,35,37,44H,11-13H2,1-5H3,(H2,34,42)/t14?,16-,20-,23?,25?,26?,33-/m0/s1. The number of nitrogens with zero attached hydrogens (tertiary/aromatic N) is 1. The van der Waals surface area contributed by atoms with E-state index in [1.54, 1.807) is 19.1 Å². The van der Waals surface area contributed by atoms with Gasteiger partial charge in [0.1, 0.15) is 17.5 Å². The molecule has 5 rings (SSSR count). The number of hydrogen-bond acceptors (Lipinski definition) is 12. The van der Waals surface area contributed by atoms with Crippen LogP contribution in [0.1, 0.15) is 34.8 Å². The predicted molar refractivity (Wildman–Crippen MR) is 162 cm³/mol. The molecule has 0 aromatic heterocycles. The highest BCUT2D eigenvalue weighted by atomic mass is 16.5. The Labute approximate surface area is 265 Å². The topological polar surface area (TPSA) is 203 Å². The Morgan fingerprint density at radius 1 is 1.09 bits per heavy atom. The van der Waals surface area contributed by atoms with Gasteiger partial charge < -0.3 is 30.7 Å². The molecule has 2 aromatic rings. The number of esters is 1. The van der Waals surface area contributed by atoms with E-state index in [-0.39, 0.29) is 24.2 Å². The van der Waals surface area contributed by atoms with E-state index in [0.29, 0.717) is 29.0 Å². The molecule has 46 heavy (non-hydrogen) atoms. The first-order valence-electron chi connectivity index (χ1n) is 14.9. The lowest BCUT2D eigenvalue weighted by Crippen LogP contribution is -2.74. The molecule has 3 aliphatic carbocycles. The molecule has 0 heterocycles. The fourth-order valence-corrected chi connectivity index (χ4v) is 7.46. The summed E-state index contributed by atoms with van der Waals surface area (Å²) in [5.74, 6) is -11.1. The second kappa shape index (κ2) is 12.0. The van der Waals surface area contributed by atoms with Gasteiger partial charge in [0, 0.05) is 18.0 Å².